The molecule has 15 heavy (non-hydrogen) atoms. The molecule has 0 aliphatic carbocycles. The van der Waals surface area contributed by atoms with Gasteiger partial charge in [0, 0.05) is 10.4 Å². The van der Waals surface area contributed by atoms with Gasteiger partial charge in [0.2, 0.25) is 0 Å². The Labute approximate surface area is 91.0 Å². The van der Waals surface area contributed by atoms with Crippen LogP contribution in [0.4, 0.5) is 0 Å². The molecule has 2 rings (SSSR count). The number of nitrogens with one attached hydrogen (secondary N) is 1. The molecular weight excluding hydrogens is 210 g/mol. The van der Waals surface area contributed by atoms with E-state index in [1.165, 1.54) is 0 Å². The minimum absolute atomic E-state index is 0.474. The summed E-state index contributed by atoms with van der Waals surface area (Å²) in [4.78, 5) is 12.4. The van der Waals surface area contributed by atoms with E-state index in [2.05, 4.69) is 0 Å². The van der Waals surface area contributed by atoms with Crippen molar-refractivity contribution in [2.75, 3.05) is 0 Å². The maximum atomic E-state index is 11.4. The predicted molar refractivity (Wildman–Crippen MR) is 59.0 cm³/mol. The number of hydroxylamine groups is 1. The van der Waals surface area contributed by atoms with Crippen molar-refractivity contribution in [2.24, 2.45) is 0 Å². The van der Waals surface area contributed by atoms with Crippen molar-refractivity contribution >= 4 is 17.2 Å². The third-order valence-corrected chi connectivity index (χ3v) is 2.96. The molecule has 76 valence electrons. The van der Waals surface area contributed by atoms with E-state index >= 15 is 0 Å². The molecule has 0 unspecified atom stereocenters. The van der Waals surface area contributed by atoms with E-state index < -0.39 is 5.91 Å². The van der Waals surface area contributed by atoms with Crippen molar-refractivity contribution in [3.05, 3.63) is 47.3 Å². The summed E-state index contributed by atoms with van der Waals surface area (Å²) in [6.45, 7) is 0. The summed E-state index contributed by atoms with van der Waals surface area (Å²) in [6, 6.07) is 11.0. The Morgan fingerprint density at radius 2 is 2.00 bits per heavy atom. The Hall–Kier alpha value is -1.65. The van der Waals surface area contributed by atoms with Crippen LogP contribution in [0, 0.1) is 0 Å². The van der Waals surface area contributed by atoms with Crippen LogP contribution in [0.15, 0.2) is 41.8 Å². The quantitative estimate of drug-likeness (QED) is 0.602. The number of hydrogen-bond acceptors (Lipinski definition) is 3. The lowest BCUT2D eigenvalue weighted by Crippen LogP contribution is -2.19. The molecule has 0 radical (unpaired) electrons. The summed E-state index contributed by atoms with van der Waals surface area (Å²) in [5.74, 6) is -0.487. The zero-order valence-electron chi connectivity index (χ0n) is 7.81. The van der Waals surface area contributed by atoms with Crippen LogP contribution in [-0.2, 0) is 0 Å². The standard InChI is InChI=1S/C11H9NO2S/c13-11(12-14)9-5-2-1-4-8(9)10-6-3-7-15-10/h1-7,14H,(H,12,13). The van der Waals surface area contributed by atoms with Gasteiger partial charge in [-0.05, 0) is 17.5 Å². The Balaban J connectivity index is 2.52. The molecule has 1 heterocycles. The zero-order valence-corrected chi connectivity index (χ0v) is 8.62. The van der Waals surface area contributed by atoms with Gasteiger partial charge >= 0.3 is 0 Å². The molecular formula is C11H9NO2S. The van der Waals surface area contributed by atoms with Gasteiger partial charge in [-0.15, -0.1) is 11.3 Å². The molecule has 2 N–H and O–H groups in total. The van der Waals surface area contributed by atoms with Crippen molar-refractivity contribution in [3.63, 3.8) is 0 Å². The van der Waals surface area contributed by atoms with Gasteiger partial charge in [-0.1, -0.05) is 24.3 Å². The zero-order chi connectivity index (χ0) is 10.7. The number of amides is 1. The van der Waals surface area contributed by atoms with Gasteiger partial charge in [0.1, 0.15) is 0 Å². The number of thiophene rings is 1. The Bertz CT molecular complexity index is 465. The third kappa shape index (κ3) is 1.91. The van der Waals surface area contributed by atoms with Gasteiger partial charge in [-0.3, -0.25) is 10.0 Å². The Morgan fingerprint density at radius 1 is 1.20 bits per heavy atom. The van der Waals surface area contributed by atoms with Crippen LogP contribution in [0.2, 0.25) is 0 Å². The fourth-order valence-electron chi connectivity index (χ4n) is 1.39. The minimum atomic E-state index is -0.487. The molecule has 0 saturated carbocycles. The molecule has 1 aromatic carbocycles. The number of carbonyl (C=O) groups excluding carboxylic acids is 1. The summed E-state index contributed by atoms with van der Waals surface area (Å²) < 4.78 is 0. The Morgan fingerprint density at radius 3 is 2.67 bits per heavy atom. The second kappa shape index (κ2) is 4.25. The van der Waals surface area contributed by atoms with Crippen molar-refractivity contribution in [1.29, 1.82) is 0 Å². The normalized spacial score (nSPS) is 9.93. The monoisotopic (exact) mass is 219 g/mol. The predicted octanol–water partition coefficient (Wildman–Crippen LogP) is 2.53. The fourth-order valence-corrected chi connectivity index (χ4v) is 2.15. The molecule has 0 bridgehead atoms. The highest BCUT2D eigenvalue weighted by Gasteiger charge is 2.11. The molecule has 0 spiro atoms. The Kier molecular flexibility index (Phi) is 2.80. The van der Waals surface area contributed by atoms with Gasteiger partial charge in [0.25, 0.3) is 5.91 Å². The first-order chi connectivity index (χ1) is 7.33. The summed E-state index contributed by atoms with van der Waals surface area (Å²) in [5.41, 5.74) is 2.96. The lowest BCUT2D eigenvalue weighted by atomic mass is 10.1. The van der Waals surface area contributed by atoms with Crippen LogP contribution in [0.25, 0.3) is 10.4 Å². The molecule has 0 atom stereocenters. The van der Waals surface area contributed by atoms with Crippen LogP contribution in [-0.4, -0.2) is 11.1 Å². The van der Waals surface area contributed by atoms with Gasteiger partial charge in [-0.2, -0.15) is 0 Å². The van der Waals surface area contributed by atoms with E-state index in [4.69, 9.17) is 5.21 Å². The van der Waals surface area contributed by atoms with E-state index in [-0.39, 0.29) is 0 Å². The highest BCUT2D eigenvalue weighted by molar-refractivity contribution is 7.13. The first kappa shape index (κ1) is 9.89. The number of benzene rings is 1. The molecule has 0 aliphatic rings. The van der Waals surface area contributed by atoms with Crippen molar-refractivity contribution in [3.8, 4) is 10.4 Å². The van der Waals surface area contributed by atoms with E-state index in [0.717, 1.165) is 10.4 Å². The van der Waals surface area contributed by atoms with Crippen LogP contribution in [0.3, 0.4) is 0 Å². The van der Waals surface area contributed by atoms with E-state index in [0.29, 0.717) is 5.56 Å². The van der Waals surface area contributed by atoms with Crippen LogP contribution in [0.1, 0.15) is 10.4 Å². The van der Waals surface area contributed by atoms with E-state index in [1.54, 1.807) is 28.9 Å². The van der Waals surface area contributed by atoms with E-state index in [9.17, 15) is 4.79 Å². The number of rotatable bonds is 2. The second-order valence-electron chi connectivity index (χ2n) is 2.96. The van der Waals surface area contributed by atoms with Crippen molar-refractivity contribution < 1.29 is 10.0 Å². The third-order valence-electron chi connectivity index (χ3n) is 2.06. The van der Waals surface area contributed by atoms with Crippen molar-refractivity contribution in [2.45, 2.75) is 0 Å². The largest absolute Gasteiger partial charge is 0.288 e. The average molecular weight is 219 g/mol. The first-order valence-electron chi connectivity index (χ1n) is 4.40. The minimum Gasteiger partial charge on any atom is -0.288 e. The average Bonchev–Trinajstić information content (AvgIpc) is 2.81. The first-order valence-corrected chi connectivity index (χ1v) is 5.28. The van der Waals surface area contributed by atoms with Gasteiger partial charge in [0.15, 0.2) is 0 Å². The van der Waals surface area contributed by atoms with Gasteiger partial charge in [0.05, 0.1) is 5.56 Å². The molecule has 1 amide bonds. The maximum absolute atomic E-state index is 11.4. The van der Waals surface area contributed by atoms with Gasteiger partial charge in [-0.25, -0.2) is 5.48 Å². The van der Waals surface area contributed by atoms with Crippen LogP contribution < -0.4 is 5.48 Å². The maximum Gasteiger partial charge on any atom is 0.275 e. The number of carbonyl (C=O) groups is 1. The molecule has 0 aliphatic heterocycles. The topological polar surface area (TPSA) is 49.3 Å². The smallest absolute Gasteiger partial charge is 0.275 e. The number of hydrogen-bond donors (Lipinski definition) is 2. The van der Waals surface area contributed by atoms with Gasteiger partial charge < -0.3 is 0 Å². The highest BCUT2D eigenvalue weighted by atomic mass is 32.1. The lowest BCUT2D eigenvalue weighted by molar-refractivity contribution is 0.0707. The van der Waals surface area contributed by atoms with Crippen LogP contribution >= 0.6 is 11.3 Å². The molecule has 2 aromatic rings. The summed E-state index contributed by atoms with van der Waals surface area (Å²) in [5, 5.41) is 10.6. The highest BCUT2D eigenvalue weighted by Crippen LogP contribution is 2.27. The molecule has 0 fully saturated rings. The van der Waals surface area contributed by atoms with E-state index in [1.807, 2.05) is 29.6 Å². The summed E-state index contributed by atoms with van der Waals surface area (Å²) in [7, 11) is 0. The van der Waals surface area contributed by atoms with Crippen molar-refractivity contribution in [1.82, 2.24) is 5.48 Å². The lowest BCUT2D eigenvalue weighted by Gasteiger charge is -2.04. The molecule has 0 saturated heterocycles. The second-order valence-corrected chi connectivity index (χ2v) is 3.91. The summed E-state index contributed by atoms with van der Waals surface area (Å²) in [6.07, 6.45) is 0. The fraction of sp³-hybridized carbons (Fsp3) is 0. The molecule has 1 aromatic heterocycles. The molecule has 3 nitrogen and oxygen atoms in total. The molecule has 4 heteroatoms. The van der Waals surface area contributed by atoms with Crippen LogP contribution in [0.5, 0.6) is 0 Å². The summed E-state index contributed by atoms with van der Waals surface area (Å²) >= 11 is 1.56. The SMILES string of the molecule is O=C(NO)c1ccccc1-c1cccs1.